The van der Waals surface area contributed by atoms with Crippen LogP contribution in [0, 0.1) is 0 Å². The van der Waals surface area contributed by atoms with Crippen molar-refractivity contribution in [2.75, 3.05) is 16.6 Å². The van der Waals surface area contributed by atoms with E-state index < -0.39 is 0 Å². The SMILES string of the molecule is CC.CCc1cccc(N2CCCCS2)c1. The van der Waals surface area contributed by atoms with Crippen LogP contribution in [0.25, 0.3) is 0 Å². The van der Waals surface area contributed by atoms with Gasteiger partial charge < -0.3 is 4.31 Å². The van der Waals surface area contributed by atoms with Crippen LogP contribution in [0.2, 0.25) is 0 Å². The summed E-state index contributed by atoms with van der Waals surface area (Å²) in [4.78, 5) is 0. The average Bonchev–Trinajstić information content (AvgIpc) is 2.42. The van der Waals surface area contributed by atoms with Crippen molar-refractivity contribution in [1.82, 2.24) is 0 Å². The maximum absolute atomic E-state index is 2.43. The molecule has 0 bridgehead atoms. The Hall–Kier alpha value is -0.630. The molecule has 0 spiro atoms. The van der Waals surface area contributed by atoms with Crippen LogP contribution < -0.4 is 4.31 Å². The van der Waals surface area contributed by atoms with Gasteiger partial charge in [-0.15, -0.1) is 0 Å². The molecule has 2 rings (SSSR count). The van der Waals surface area contributed by atoms with Crippen molar-refractivity contribution in [2.24, 2.45) is 0 Å². The zero-order chi connectivity index (χ0) is 11.8. The predicted molar refractivity (Wildman–Crippen MR) is 76.2 cm³/mol. The van der Waals surface area contributed by atoms with Crippen molar-refractivity contribution in [3.05, 3.63) is 29.8 Å². The zero-order valence-electron chi connectivity index (χ0n) is 10.7. The third kappa shape index (κ3) is 3.75. The molecule has 0 radical (unpaired) electrons. The minimum Gasteiger partial charge on any atom is -0.316 e. The van der Waals surface area contributed by atoms with Crippen LogP contribution in [-0.2, 0) is 6.42 Å². The van der Waals surface area contributed by atoms with E-state index >= 15 is 0 Å². The Morgan fingerprint density at radius 2 is 2.06 bits per heavy atom. The summed E-state index contributed by atoms with van der Waals surface area (Å²) in [6.07, 6.45) is 3.84. The predicted octanol–water partition coefficient (Wildman–Crippen LogP) is 4.52. The van der Waals surface area contributed by atoms with E-state index in [1.807, 2.05) is 25.8 Å². The van der Waals surface area contributed by atoms with Crippen molar-refractivity contribution in [1.29, 1.82) is 0 Å². The molecular formula is C14H23NS. The summed E-state index contributed by atoms with van der Waals surface area (Å²) in [7, 11) is 0. The van der Waals surface area contributed by atoms with E-state index in [-0.39, 0.29) is 0 Å². The fraction of sp³-hybridized carbons (Fsp3) is 0.571. The molecular weight excluding hydrogens is 214 g/mol. The largest absolute Gasteiger partial charge is 0.316 e. The van der Waals surface area contributed by atoms with E-state index in [0.29, 0.717) is 0 Å². The van der Waals surface area contributed by atoms with Crippen LogP contribution in [-0.4, -0.2) is 12.3 Å². The van der Waals surface area contributed by atoms with E-state index in [9.17, 15) is 0 Å². The second kappa shape index (κ2) is 7.61. The van der Waals surface area contributed by atoms with Crippen LogP contribution in [0.1, 0.15) is 39.2 Å². The highest BCUT2D eigenvalue weighted by molar-refractivity contribution is 8.00. The number of hydrogen-bond donors (Lipinski definition) is 0. The molecule has 2 heteroatoms. The number of rotatable bonds is 2. The Labute approximate surface area is 104 Å². The van der Waals surface area contributed by atoms with E-state index in [2.05, 4.69) is 35.5 Å². The first-order valence-electron chi connectivity index (χ1n) is 6.39. The lowest BCUT2D eigenvalue weighted by atomic mass is 10.1. The monoisotopic (exact) mass is 237 g/mol. The van der Waals surface area contributed by atoms with Crippen LogP contribution >= 0.6 is 11.9 Å². The summed E-state index contributed by atoms with van der Waals surface area (Å²) < 4.78 is 2.43. The fourth-order valence-corrected chi connectivity index (χ4v) is 2.81. The molecule has 1 fully saturated rings. The molecule has 0 unspecified atom stereocenters. The topological polar surface area (TPSA) is 3.24 Å². The molecule has 1 aliphatic rings. The summed E-state index contributed by atoms with van der Waals surface area (Å²) in [5.74, 6) is 1.27. The first-order valence-corrected chi connectivity index (χ1v) is 7.34. The van der Waals surface area contributed by atoms with Gasteiger partial charge in [-0.2, -0.15) is 0 Å². The Morgan fingerprint density at radius 1 is 1.25 bits per heavy atom. The van der Waals surface area contributed by atoms with Crippen LogP contribution in [0.15, 0.2) is 24.3 Å². The molecule has 0 atom stereocenters. The van der Waals surface area contributed by atoms with Crippen molar-refractivity contribution >= 4 is 17.6 Å². The lowest BCUT2D eigenvalue weighted by Crippen LogP contribution is -2.20. The van der Waals surface area contributed by atoms with Gasteiger partial charge in [0.2, 0.25) is 0 Å². The molecule has 1 aromatic carbocycles. The molecule has 1 aromatic rings. The Balaban J connectivity index is 0.000000606. The van der Waals surface area contributed by atoms with Crippen molar-refractivity contribution in [2.45, 2.75) is 40.0 Å². The maximum Gasteiger partial charge on any atom is 0.0472 e. The van der Waals surface area contributed by atoms with E-state index in [1.165, 1.54) is 36.4 Å². The minimum atomic E-state index is 1.13. The summed E-state index contributed by atoms with van der Waals surface area (Å²) in [5.41, 5.74) is 2.82. The molecule has 0 amide bonds. The van der Waals surface area contributed by atoms with Crippen molar-refractivity contribution < 1.29 is 0 Å². The van der Waals surface area contributed by atoms with E-state index in [4.69, 9.17) is 0 Å². The standard InChI is InChI=1S/C12H17NS.C2H6/c1-2-11-6-5-7-12(10-11)13-8-3-4-9-14-13;1-2/h5-7,10H,2-4,8-9H2,1H3;1-2H3. The molecule has 0 N–H and O–H groups in total. The van der Waals surface area contributed by atoms with Gasteiger partial charge in [-0.05, 0) is 48.9 Å². The quantitative estimate of drug-likeness (QED) is 0.696. The zero-order valence-corrected chi connectivity index (χ0v) is 11.5. The van der Waals surface area contributed by atoms with Gasteiger partial charge in [-0.1, -0.05) is 32.9 Å². The Kier molecular flexibility index (Phi) is 6.39. The second-order valence-electron chi connectivity index (χ2n) is 3.67. The first-order chi connectivity index (χ1) is 7.90. The highest BCUT2D eigenvalue weighted by Crippen LogP contribution is 2.27. The summed E-state index contributed by atoms with van der Waals surface area (Å²) >= 11 is 1.97. The van der Waals surface area contributed by atoms with Gasteiger partial charge in [0, 0.05) is 18.0 Å². The van der Waals surface area contributed by atoms with Gasteiger partial charge >= 0.3 is 0 Å². The highest BCUT2D eigenvalue weighted by Gasteiger charge is 2.11. The van der Waals surface area contributed by atoms with Gasteiger partial charge in [0.15, 0.2) is 0 Å². The molecule has 0 aliphatic carbocycles. The van der Waals surface area contributed by atoms with Gasteiger partial charge in [-0.25, -0.2) is 0 Å². The van der Waals surface area contributed by atoms with E-state index in [0.717, 1.165) is 6.42 Å². The normalized spacial score (nSPS) is 15.3. The molecule has 1 aliphatic heterocycles. The highest BCUT2D eigenvalue weighted by atomic mass is 32.2. The Bertz CT molecular complexity index is 293. The molecule has 90 valence electrons. The van der Waals surface area contributed by atoms with Gasteiger partial charge in [0.05, 0.1) is 0 Å². The lowest BCUT2D eigenvalue weighted by molar-refractivity contribution is 0.791. The smallest absolute Gasteiger partial charge is 0.0472 e. The van der Waals surface area contributed by atoms with Crippen LogP contribution in [0.4, 0.5) is 5.69 Å². The van der Waals surface area contributed by atoms with E-state index in [1.54, 1.807) is 0 Å². The average molecular weight is 237 g/mol. The molecule has 1 nitrogen and oxygen atoms in total. The fourth-order valence-electron chi connectivity index (χ4n) is 1.73. The maximum atomic E-state index is 2.43. The van der Waals surface area contributed by atoms with Crippen molar-refractivity contribution in [3.63, 3.8) is 0 Å². The number of benzene rings is 1. The number of anilines is 1. The molecule has 1 saturated heterocycles. The second-order valence-corrected chi connectivity index (χ2v) is 4.77. The van der Waals surface area contributed by atoms with Gasteiger partial charge in [0.25, 0.3) is 0 Å². The molecule has 1 heterocycles. The van der Waals surface area contributed by atoms with Crippen LogP contribution in [0.5, 0.6) is 0 Å². The summed E-state index contributed by atoms with van der Waals surface area (Å²) in [6.45, 7) is 7.42. The lowest BCUT2D eigenvalue weighted by Gasteiger charge is -2.27. The summed E-state index contributed by atoms with van der Waals surface area (Å²) in [5, 5.41) is 0. The number of nitrogens with zero attached hydrogens (tertiary/aromatic N) is 1. The third-order valence-electron chi connectivity index (χ3n) is 2.61. The van der Waals surface area contributed by atoms with Gasteiger partial charge in [-0.3, -0.25) is 0 Å². The van der Waals surface area contributed by atoms with Crippen molar-refractivity contribution in [3.8, 4) is 0 Å². The molecule has 0 saturated carbocycles. The number of aryl methyl sites for hydroxylation is 1. The Morgan fingerprint density at radius 3 is 2.69 bits per heavy atom. The van der Waals surface area contributed by atoms with Crippen LogP contribution in [0.3, 0.4) is 0 Å². The third-order valence-corrected chi connectivity index (χ3v) is 3.79. The minimum absolute atomic E-state index is 1.13. The number of hydrogen-bond acceptors (Lipinski definition) is 2. The molecule has 0 aromatic heterocycles. The summed E-state index contributed by atoms with van der Waals surface area (Å²) in [6, 6.07) is 8.91. The van der Waals surface area contributed by atoms with Gasteiger partial charge in [0.1, 0.15) is 0 Å². The first kappa shape index (κ1) is 13.4. The molecule has 16 heavy (non-hydrogen) atoms.